The summed E-state index contributed by atoms with van der Waals surface area (Å²) >= 11 is 0. The van der Waals surface area contributed by atoms with E-state index < -0.39 is 0 Å². The molecular formula is C20H31FO. The van der Waals surface area contributed by atoms with E-state index in [4.69, 9.17) is 4.74 Å². The molecule has 0 unspecified atom stereocenters. The van der Waals surface area contributed by atoms with Crippen LogP contribution in [0.3, 0.4) is 0 Å². The molecule has 0 radical (unpaired) electrons. The number of rotatable bonds is 5. The first kappa shape index (κ1) is 22.6. The lowest BCUT2D eigenvalue weighted by Gasteiger charge is -2.03. The van der Waals surface area contributed by atoms with Crippen molar-refractivity contribution in [3.05, 3.63) is 71.6 Å². The number of hydrogen-bond donors (Lipinski definition) is 0. The Balaban J connectivity index is 0. The highest BCUT2D eigenvalue weighted by atomic mass is 19.1. The summed E-state index contributed by atoms with van der Waals surface area (Å²) in [6, 6.07) is 5.03. The Labute approximate surface area is 136 Å². The van der Waals surface area contributed by atoms with Gasteiger partial charge in [-0.3, -0.25) is 0 Å². The molecule has 0 amide bonds. The quantitative estimate of drug-likeness (QED) is 0.348. The SMILES string of the molecule is C/C=C/COCc1ccc(F)c(C)c1.C=CC=C(C)C.CC. The van der Waals surface area contributed by atoms with Crippen molar-refractivity contribution >= 4 is 0 Å². The van der Waals surface area contributed by atoms with E-state index in [9.17, 15) is 4.39 Å². The van der Waals surface area contributed by atoms with Gasteiger partial charge in [0.2, 0.25) is 0 Å². The highest BCUT2D eigenvalue weighted by Gasteiger charge is 1.98. The maximum absolute atomic E-state index is 12.9. The topological polar surface area (TPSA) is 9.23 Å². The molecule has 0 fully saturated rings. The molecule has 0 aliphatic rings. The summed E-state index contributed by atoms with van der Waals surface area (Å²) in [5, 5.41) is 0. The molecule has 0 atom stereocenters. The van der Waals surface area contributed by atoms with Crippen molar-refractivity contribution in [1.82, 2.24) is 0 Å². The van der Waals surface area contributed by atoms with E-state index in [0.29, 0.717) is 18.8 Å². The molecule has 2 heteroatoms. The highest BCUT2D eigenvalue weighted by molar-refractivity contribution is 5.23. The lowest BCUT2D eigenvalue weighted by Crippen LogP contribution is -1.94. The molecule has 0 heterocycles. The van der Waals surface area contributed by atoms with Crippen LogP contribution in [0.2, 0.25) is 0 Å². The van der Waals surface area contributed by atoms with Gasteiger partial charge in [-0.1, -0.05) is 62.4 Å². The van der Waals surface area contributed by atoms with E-state index in [-0.39, 0.29) is 5.82 Å². The fraction of sp³-hybridized carbons (Fsp3) is 0.400. The number of allylic oxidation sites excluding steroid dienone is 4. The molecule has 1 aromatic rings. The number of ether oxygens (including phenoxy) is 1. The molecule has 1 nitrogen and oxygen atoms in total. The van der Waals surface area contributed by atoms with Crippen LogP contribution in [0.5, 0.6) is 0 Å². The standard InChI is InChI=1S/C12H15FO.C6H10.C2H6/c1-3-4-7-14-9-11-5-6-12(13)10(2)8-11;1-4-5-6(2)3;1-2/h3-6,8H,7,9H2,1-2H3;4-5H,1H2,2-3H3;1-2H3/b4-3+;;. The van der Waals surface area contributed by atoms with Crippen molar-refractivity contribution in [1.29, 1.82) is 0 Å². The van der Waals surface area contributed by atoms with Gasteiger partial charge in [0, 0.05) is 0 Å². The van der Waals surface area contributed by atoms with Crippen LogP contribution in [-0.4, -0.2) is 6.61 Å². The van der Waals surface area contributed by atoms with Gasteiger partial charge in [0.1, 0.15) is 5.82 Å². The van der Waals surface area contributed by atoms with Gasteiger partial charge < -0.3 is 4.74 Å². The van der Waals surface area contributed by atoms with Gasteiger partial charge in [0.05, 0.1) is 13.2 Å². The second-order valence-corrected chi connectivity index (χ2v) is 4.65. The van der Waals surface area contributed by atoms with Gasteiger partial charge in [-0.25, -0.2) is 4.39 Å². The Morgan fingerprint density at radius 1 is 1.27 bits per heavy atom. The fourth-order valence-electron chi connectivity index (χ4n) is 1.37. The van der Waals surface area contributed by atoms with Gasteiger partial charge in [-0.15, -0.1) is 0 Å². The average Bonchev–Trinajstić information content (AvgIpc) is 2.50. The van der Waals surface area contributed by atoms with Crippen LogP contribution in [0.25, 0.3) is 0 Å². The van der Waals surface area contributed by atoms with Crippen LogP contribution >= 0.6 is 0 Å². The Hall–Kier alpha value is -1.67. The number of aryl methyl sites for hydroxylation is 1. The minimum Gasteiger partial charge on any atom is -0.373 e. The number of hydrogen-bond acceptors (Lipinski definition) is 1. The Kier molecular flexibility index (Phi) is 16.1. The van der Waals surface area contributed by atoms with Crippen LogP contribution in [0.15, 0.2) is 54.7 Å². The zero-order chi connectivity index (χ0) is 17.4. The van der Waals surface area contributed by atoms with Gasteiger partial charge in [0.25, 0.3) is 0 Å². The van der Waals surface area contributed by atoms with Crippen LogP contribution in [0.1, 0.15) is 45.7 Å². The average molecular weight is 306 g/mol. The first-order chi connectivity index (χ1) is 10.5. The predicted molar refractivity (Wildman–Crippen MR) is 96.6 cm³/mol. The molecule has 0 saturated heterocycles. The minimum absolute atomic E-state index is 0.165. The lowest BCUT2D eigenvalue weighted by atomic mass is 10.1. The van der Waals surface area contributed by atoms with Crippen LogP contribution in [0.4, 0.5) is 4.39 Å². The number of benzene rings is 1. The van der Waals surface area contributed by atoms with Crippen molar-refractivity contribution in [2.45, 2.75) is 48.1 Å². The van der Waals surface area contributed by atoms with E-state index in [0.717, 1.165) is 5.56 Å². The van der Waals surface area contributed by atoms with Gasteiger partial charge in [-0.2, -0.15) is 0 Å². The van der Waals surface area contributed by atoms with E-state index >= 15 is 0 Å². The summed E-state index contributed by atoms with van der Waals surface area (Å²) in [5.74, 6) is -0.165. The summed E-state index contributed by atoms with van der Waals surface area (Å²) in [7, 11) is 0. The normalized spacial score (nSPS) is 9.23. The molecule has 22 heavy (non-hydrogen) atoms. The molecule has 0 saturated carbocycles. The Morgan fingerprint density at radius 3 is 2.32 bits per heavy atom. The van der Waals surface area contributed by atoms with Crippen molar-refractivity contribution in [3.8, 4) is 0 Å². The highest BCUT2D eigenvalue weighted by Crippen LogP contribution is 2.09. The summed E-state index contributed by atoms with van der Waals surface area (Å²) < 4.78 is 18.2. The van der Waals surface area contributed by atoms with Crippen LogP contribution < -0.4 is 0 Å². The largest absolute Gasteiger partial charge is 0.373 e. The van der Waals surface area contributed by atoms with E-state index in [2.05, 4.69) is 6.58 Å². The molecule has 0 spiro atoms. The van der Waals surface area contributed by atoms with Gasteiger partial charge >= 0.3 is 0 Å². The van der Waals surface area contributed by atoms with E-state index in [1.54, 1.807) is 19.1 Å². The van der Waals surface area contributed by atoms with Crippen molar-refractivity contribution in [3.63, 3.8) is 0 Å². The third-order valence-electron chi connectivity index (χ3n) is 2.39. The van der Waals surface area contributed by atoms with Gasteiger partial charge in [0.15, 0.2) is 0 Å². The molecule has 0 aliphatic heterocycles. The first-order valence-electron chi connectivity index (χ1n) is 7.71. The zero-order valence-corrected chi connectivity index (χ0v) is 14.9. The summed E-state index contributed by atoms with van der Waals surface area (Å²) in [5.41, 5.74) is 2.97. The molecule has 0 N–H and O–H groups in total. The third kappa shape index (κ3) is 13.3. The summed E-state index contributed by atoms with van der Waals surface area (Å²) in [6.45, 7) is 16.5. The van der Waals surface area contributed by atoms with Crippen LogP contribution in [-0.2, 0) is 11.3 Å². The van der Waals surface area contributed by atoms with E-state index in [1.165, 1.54) is 11.6 Å². The van der Waals surface area contributed by atoms with Crippen molar-refractivity contribution < 1.29 is 9.13 Å². The second-order valence-electron chi connectivity index (χ2n) is 4.65. The lowest BCUT2D eigenvalue weighted by molar-refractivity contribution is 0.148. The monoisotopic (exact) mass is 306 g/mol. The molecule has 0 bridgehead atoms. The predicted octanol–water partition coefficient (Wildman–Crippen LogP) is 6.39. The third-order valence-corrected chi connectivity index (χ3v) is 2.39. The maximum Gasteiger partial charge on any atom is 0.126 e. The smallest absolute Gasteiger partial charge is 0.126 e. The van der Waals surface area contributed by atoms with Crippen molar-refractivity contribution in [2.75, 3.05) is 6.61 Å². The minimum atomic E-state index is -0.165. The zero-order valence-electron chi connectivity index (χ0n) is 14.9. The Bertz CT molecular complexity index is 455. The van der Waals surface area contributed by atoms with Gasteiger partial charge in [-0.05, 0) is 44.9 Å². The summed E-state index contributed by atoms with van der Waals surface area (Å²) in [4.78, 5) is 0. The Morgan fingerprint density at radius 2 is 1.91 bits per heavy atom. The molecule has 0 aliphatic carbocycles. The summed E-state index contributed by atoms with van der Waals surface area (Å²) in [6.07, 6.45) is 7.64. The molecule has 0 aromatic heterocycles. The second kappa shape index (κ2) is 15.7. The van der Waals surface area contributed by atoms with Crippen molar-refractivity contribution in [2.24, 2.45) is 0 Å². The van der Waals surface area contributed by atoms with Crippen LogP contribution in [0, 0.1) is 12.7 Å². The molecular weight excluding hydrogens is 275 g/mol. The number of halogens is 1. The molecule has 124 valence electrons. The molecule has 1 rings (SSSR count). The van der Waals surface area contributed by atoms with E-state index in [1.807, 2.05) is 58.9 Å². The first-order valence-corrected chi connectivity index (χ1v) is 7.71. The molecule has 1 aromatic carbocycles. The fourth-order valence-corrected chi connectivity index (χ4v) is 1.37. The maximum atomic E-state index is 12.9.